The standard InChI is InChI=1S/C18H19Cl2N3O2/c1-23-7-6-13(23)11-25-14-8-12(17(20)21-10-14)9-22-18(24)15-4-2-3-5-16(15)19/h2-5,8,10,13H,6-7,9,11H2,1H3,(H,22,24)/t13-/m0/s1. The van der Waals surface area contributed by atoms with Crippen molar-refractivity contribution < 1.29 is 9.53 Å². The summed E-state index contributed by atoms with van der Waals surface area (Å²) in [7, 11) is 2.08. The summed E-state index contributed by atoms with van der Waals surface area (Å²) < 4.78 is 5.79. The van der Waals surface area contributed by atoms with Crippen molar-refractivity contribution in [1.29, 1.82) is 0 Å². The van der Waals surface area contributed by atoms with Gasteiger partial charge in [0.15, 0.2) is 0 Å². The summed E-state index contributed by atoms with van der Waals surface area (Å²) in [5.74, 6) is 0.385. The number of halogens is 2. The molecule has 7 heteroatoms. The molecule has 1 aliphatic heterocycles. The van der Waals surface area contributed by atoms with Gasteiger partial charge in [-0.25, -0.2) is 4.98 Å². The van der Waals surface area contributed by atoms with Gasteiger partial charge < -0.3 is 10.1 Å². The first kappa shape index (κ1) is 18.0. The first-order valence-electron chi connectivity index (χ1n) is 8.05. The molecule has 1 aromatic heterocycles. The van der Waals surface area contributed by atoms with E-state index in [1.165, 1.54) is 0 Å². The minimum atomic E-state index is -0.260. The van der Waals surface area contributed by atoms with Gasteiger partial charge in [-0.15, -0.1) is 0 Å². The number of nitrogens with zero attached hydrogens (tertiary/aromatic N) is 2. The molecule has 0 saturated carbocycles. The van der Waals surface area contributed by atoms with E-state index in [-0.39, 0.29) is 12.5 Å². The number of hydrogen-bond donors (Lipinski definition) is 1. The van der Waals surface area contributed by atoms with Gasteiger partial charge in [0.25, 0.3) is 5.91 Å². The van der Waals surface area contributed by atoms with Crippen LogP contribution in [0.25, 0.3) is 0 Å². The van der Waals surface area contributed by atoms with Crippen LogP contribution in [-0.2, 0) is 6.54 Å². The smallest absolute Gasteiger partial charge is 0.253 e. The Balaban J connectivity index is 1.60. The molecule has 1 saturated heterocycles. The maximum atomic E-state index is 12.2. The summed E-state index contributed by atoms with van der Waals surface area (Å²) in [6.45, 7) is 1.97. The number of pyridine rings is 1. The van der Waals surface area contributed by atoms with Crippen LogP contribution < -0.4 is 10.1 Å². The number of likely N-dealkylation sites (tertiary alicyclic amines) is 1. The number of aromatic nitrogens is 1. The lowest BCUT2D eigenvalue weighted by molar-refractivity contribution is 0.0767. The average molecular weight is 380 g/mol. The number of amides is 1. The summed E-state index contributed by atoms with van der Waals surface area (Å²) >= 11 is 12.2. The average Bonchev–Trinajstić information content (AvgIpc) is 2.60. The van der Waals surface area contributed by atoms with Crippen molar-refractivity contribution in [3.8, 4) is 5.75 Å². The van der Waals surface area contributed by atoms with Crippen LogP contribution in [0.5, 0.6) is 5.75 Å². The zero-order valence-electron chi connectivity index (χ0n) is 13.8. The van der Waals surface area contributed by atoms with Gasteiger partial charge >= 0.3 is 0 Å². The molecule has 5 nitrogen and oxygen atoms in total. The first-order valence-corrected chi connectivity index (χ1v) is 8.80. The second-order valence-electron chi connectivity index (χ2n) is 6.02. The van der Waals surface area contributed by atoms with Crippen molar-refractivity contribution in [3.63, 3.8) is 0 Å². The van der Waals surface area contributed by atoms with Crippen molar-refractivity contribution in [1.82, 2.24) is 15.2 Å². The van der Waals surface area contributed by atoms with Crippen molar-refractivity contribution in [3.05, 3.63) is 57.8 Å². The van der Waals surface area contributed by atoms with E-state index in [1.54, 1.807) is 36.5 Å². The number of rotatable bonds is 6. The summed E-state index contributed by atoms with van der Waals surface area (Å²) in [6, 6.07) is 9.14. The SMILES string of the molecule is CN1CC[C@H]1COc1cnc(Cl)c(CNC(=O)c2ccccc2Cl)c1. The van der Waals surface area contributed by atoms with Gasteiger partial charge in [0.2, 0.25) is 0 Å². The molecule has 0 unspecified atom stereocenters. The second-order valence-corrected chi connectivity index (χ2v) is 6.78. The van der Waals surface area contributed by atoms with Gasteiger partial charge in [-0.05, 0) is 38.2 Å². The van der Waals surface area contributed by atoms with Crippen LogP contribution in [0.4, 0.5) is 0 Å². The van der Waals surface area contributed by atoms with E-state index in [0.717, 1.165) is 13.0 Å². The van der Waals surface area contributed by atoms with E-state index >= 15 is 0 Å². The molecule has 2 aromatic rings. The minimum absolute atomic E-state index is 0.246. The Bertz CT molecular complexity index is 770. The van der Waals surface area contributed by atoms with Crippen molar-refractivity contribution in [2.24, 2.45) is 0 Å². The van der Waals surface area contributed by atoms with E-state index in [4.69, 9.17) is 27.9 Å². The first-order chi connectivity index (χ1) is 12.0. The van der Waals surface area contributed by atoms with Crippen molar-refractivity contribution >= 4 is 29.1 Å². The zero-order valence-corrected chi connectivity index (χ0v) is 15.3. The molecule has 1 atom stereocenters. The number of carbonyl (C=O) groups is 1. The Morgan fingerprint density at radius 2 is 2.20 bits per heavy atom. The molecule has 1 aliphatic rings. The fraction of sp³-hybridized carbons (Fsp3) is 0.333. The third kappa shape index (κ3) is 4.42. The lowest BCUT2D eigenvalue weighted by Gasteiger charge is -2.37. The van der Waals surface area contributed by atoms with Crippen LogP contribution in [0.1, 0.15) is 22.3 Å². The number of likely N-dealkylation sites (N-methyl/N-ethyl adjacent to an activating group) is 1. The van der Waals surface area contributed by atoms with Crippen LogP contribution in [0.2, 0.25) is 10.2 Å². The van der Waals surface area contributed by atoms with E-state index in [2.05, 4.69) is 22.2 Å². The van der Waals surface area contributed by atoms with Gasteiger partial charge in [0.05, 0.1) is 16.8 Å². The molecule has 1 amide bonds. The molecule has 0 bridgehead atoms. The topological polar surface area (TPSA) is 54.5 Å². The molecular weight excluding hydrogens is 361 g/mol. The van der Waals surface area contributed by atoms with Gasteiger partial charge in [-0.1, -0.05) is 35.3 Å². The zero-order chi connectivity index (χ0) is 17.8. The normalized spacial score (nSPS) is 17.0. The Kier molecular flexibility index (Phi) is 5.78. The van der Waals surface area contributed by atoms with Gasteiger partial charge in [0.1, 0.15) is 17.5 Å². The summed E-state index contributed by atoms with van der Waals surface area (Å²) in [5.41, 5.74) is 1.12. The number of hydrogen-bond acceptors (Lipinski definition) is 4. The van der Waals surface area contributed by atoms with E-state index < -0.39 is 0 Å². The minimum Gasteiger partial charge on any atom is -0.490 e. The Labute approximate surface area is 156 Å². The highest BCUT2D eigenvalue weighted by Gasteiger charge is 2.24. The molecule has 0 aliphatic carbocycles. The number of ether oxygens (including phenoxy) is 1. The molecule has 2 heterocycles. The van der Waals surface area contributed by atoms with Crippen LogP contribution in [0, 0.1) is 0 Å². The van der Waals surface area contributed by atoms with Gasteiger partial charge in [-0.2, -0.15) is 0 Å². The Morgan fingerprint density at radius 1 is 1.40 bits per heavy atom. The molecule has 1 aromatic carbocycles. The highest BCUT2D eigenvalue weighted by molar-refractivity contribution is 6.33. The molecule has 132 valence electrons. The fourth-order valence-electron chi connectivity index (χ4n) is 2.56. The van der Waals surface area contributed by atoms with Gasteiger partial charge in [-0.3, -0.25) is 9.69 Å². The quantitative estimate of drug-likeness (QED) is 0.781. The molecule has 1 fully saturated rings. The molecule has 0 spiro atoms. The second kappa shape index (κ2) is 8.04. The monoisotopic (exact) mass is 379 g/mol. The van der Waals surface area contributed by atoms with Crippen molar-refractivity contribution in [2.45, 2.75) is 19.0 Å². The number of carbonyl (C=O) groups excluding carboxylic acids is 1. The van der Waals surface area contributed by atoms with E-state index in [0.29, 0.717) is 39.7 Å². The number of benzene rings is 1. The molecule has 25 heavy (non-hydrogen) atoms. The molecule has 1 N–H and O–H groups in total. The van der Waals surface area contributed by atoms with Crippen molar-refractivity contribution in [2.75, 3.05) is 20.2 Å². The summed E-state index contributed by atoms with van der Waals surface area (Å²) in [4.78, 5) is 18.6. The highest BCUT2D eigenvalue weighted by atomic mass is 35.5. The summed E-state index contributed by atoms with van der Waals surface area (Å²) in [6.07, 6.45) is 2.73. The van der Waals surface area contributed by atoms with Gasteiger partial charge in [0, 0.05) is 18.2 Å². The number of nitrogens with one attached hydrogen (secondary N) is 1. The maximum Gasteiger partial charge on any atom is 0.253 e. The third-order valence-corrected chi connectivity index (χ3v) is 5.00. The van der Waals surface area contributed by atoms with Crippen LogP contribution >= 0.6 is 23.2 Å². The lowest BCUT2D eigenvalue weighted by Crippen LogP contribution is -2.48. The molecular formula is C18H19Cl2N3O2. The van der Waals surface area contributed by atoms with E-state index in [1.807, 2.05) is 0 Å². The maximum absolute atomic E-state index is 12.2. The van der Waals surface area contributed by atoms with E-state index in [9.17, 15) is 4.79 Å². The van der Waals surface area contributed by atoms with Crippen LogP contribution in [0.15, 0.2) is 36.5 Å². The largest absolute Gasteiger partial charge is 0.490 e. The van der Waals surface area contributed by atoms with Crippen LogP contribution in [-0.4, -0.2) is 42.0 Å². The predicted octanol–water partition coefficient (Wildman–Crippen LogP) is 3.40. The highest BCUT2D eigenvalue weighted by Crippen LogP contribution is 2.22. The third-order valence-electron chi connectivity index (χ3n) is 4.33. The predicted molar refractivity (Wildman–Crippen MR) is 98.4 cm³/mol. The summed E-state index contributed by atoms with van der Waals surface area (Å²) in [5, 5.41) is 3.56. The Morgan fingerprint density at radius 3 is 2.88 bits per heavy atom. The van der Waals surface area contributed by atoms with Crippen LogP contribution in [0.3, 0.4) is 0 Å². The Hall–Kier alpha value is -1.82. The molecule has 3 rings (SSSR count). The molecule has 0 radical (unpaired) electrons. The lowest BCUT2D eigenvalue weighted by atomic mass is 10.1. The fourth-order valence-corrected chi connectivity index (χ4v) is 2.96.